The number of hydrogen-bond donors (Lipinski definition) is 2. The maximum Gasteiger partial charge on any atom is 0.308 e. The maximum atomic E-state index is 11.8. The number of carboxylic acid groups (broad SMARTS) is 1. The van der Waals surface area contributed by atoms with Gasteiger partial charge in [-0.25, -0.2) is 0 Å². The van der Waals surface area contributed by atoms with Gasteiger partial charge in [0, 0.05) is 25.1 Å². The van der Waals surface area contributed by atoms with Gasteiger partial charge in [-0.2, -0.15) is 0 Å². The molecule has 3 N–H and O–H groups in total. The van der Waals surface area contributed by atoms with Crippen molar-refractivity contribution in [2.45, 2.75) is 19.4 Å². The first kappa shape index (κ1) is 14.0. The van der Waals surface area contributed by atoms with E-state index in [1.807, 2.05) is 0 Å². The molecule has 1 atom stereocenters. The van der Waals surface area contributed by atoms with Crippen LogP contribution in [-0.2, 0) is 16.1 Å². The number of carbonyl (C=O) groups is 3. The smallest absolute Gasteiger partial charge is 0.308 e. The molecule has 1 aromatic carbocycles. The molecule has 20 heavy (non-hydrogen) atoms. The minimum absolute atomic E-state index is 0.0403. The number of piperidine rings is 1. The van der Waals surface area contributed by atoms with Crippen LogP contribution in [0.25, 0.3) is 0 Å². The molecule has 1 aromatic rings. The van der Waals surface area contributed by atoms with Crippen molar-refractivity contribution in [1.29, 1.82) is 0 Å². The average Bonchev–Trinajstić information content (AvgIpc) is 2.41. The zero-order valence-corrected chi connectivity index (χ0v) is 10.9. The largest absolute Gasteiger partial charge is 0.481 e. The number of amides is 2. The fourth-order valence-corrected chi connectivity index (χ4v) is 2.26. The SMILES string of the molecule is NC(=O)c1ccc(CN2CC(C(=O)O)CCC2=O)cc1. The number of rotatable bonds is 4. The Morgan fingerprint density at radius 3 is 2.50 bits per heavy atom. The third kappa shape index (κ3) is 3.14. The summed E-state index contributed by atoms with van der Waals surface area (Å²) in [6.07, 6.45) is 0.654. The molecule has 1 saturated heterocycles. The van der Waals surface area contributed by atoms with E-state index in [1.165, 1.54) is 0 Å². The Morgan fingerprint density at radius 1 is 1.30 bits per heavy atom. The van der Waals surface area contributed by atoms with E-state index in [4.69, 9.17) is 10.8 Å². The van der Waals surface area contributed by atoms with Gasteiger partial charge >= 0.3 is 5.97 Å². The Labute approximate surface area is 116 Å². The molecule has 2 amide bonds. The number of aliphatic carboxylic acids is 1. The third-order valence-corrected chi connectivity index (χ3v) is 3.46. The molecule has 0 saturated carbocycles. The predicted molar refractivity (Wildman–Crippen MR) is 70.7 cm³/mol. The van der Waals surface area contributed by atoms with E-state index in [0.29, 0.717) is 18.5 Å². The summed E-state index contributed by atoms with van der Waals surface area (Å²) in [4.78, 5) is 35.3. The Balaban J connectivity index is 2.05. The number of nitrogens with two attached hydrogens (primary N) is 1. The van der Waals surface area contributed by atoms with Gasteiger partial charge < -0.3 is 15.7 Å². The second-order valence-electron chi connectivity index (χ2n) is 4.91. The molecule has 1 fully saturated rings. The molecular formula is C14H16N2O4. The lowest BCUT2D eigenvalue weighted by atomic mass is 9.97. The summed E-state index contributed by atoms with van der Waals surface area (Å²) in [5.74, 6) is -1.91. The van der Waals surface area contributed by atoms with Crippen LogP contribution in [0.4, 0.5) is 0 Å². The molecule has 2 rings (SSSR count). The molecule has 6 nitrogen and oxygen atoms in total. The van der Waals surface area contributed by atoms with Gasteiger partial charge in [0.05, 0.1) is 5.92 Å². The molecule has 106 valence electrons. The second kappa shape index (κ2) is 5.73. The highest BCUT2D eigenvalue weighted by Crippen LogP contribution is 2.20. The lowest BCUT2D eigenvalue weighted by Gasteiger charge is -2.30. The van der Waals surface area contributed by atoms with E-state index in [9.17, 15) is 14.4 Å². The van der Waals surface area contributed by atoms with Gasteiger partial charge in [0.15, 0.2) is 0 Å². The van der Waals surface area contributed by atoms with E-state index in [2.05, 4.69) is 0 Å². The molecule has 0 spiro atoms. The summed E-state index contributed by atoms with van der Waals surface area (Å²) in [6, 6.07) is 6.64. The van der Waals surface area contributed by atoms with Crippen LogP contribution in [0.1, 0.15) is 28.8 Å². The number of carbonyl (C=O) groups excluding carboxylic acids is 2. The fourth-order valence-electron chi connectivity index (χ4n) is 2.26. The maximum absolute atomic E-state index is 11.8. The Kier molecular flexibility index (Phi) is 4.02. The van der Waals surface area contributed by atoms with Gasteiger partial charge in [0.25, 0.3) is 0 Å². The van der Waals surface area contributed by atoms with E-state index in [0.717, 1.165) is 5.56 Å². The zero-order chi connectivity index (χ0) is 14.7. The monoisotopic (exact) mass is 276 g/mol. The third-order valence-electron chi connectivity index (χ3n) is 3.46. The van der Waals surface area contributed by atoms with Crippen LogP contribution < -0.4 is 5.73 Å². The highest BCUT2D eigenvalue weighted by atomic mass is 16.4. The predicted octanol–water partition coefficient (Wildman–Crippen LogP) is 0.609. The number of carboxylic acids is 1. The fraction of sp³-hybridized carbons (Fsp3) is 0.357. The van der Waals surface area contributed by atoms with Crippen molar-refractivity contribution in [2.24, 2.45) is 11.7 Å². The topological polar surface area (TPSA) is 101 Å². The highest BCUT2D eigenvalue weighted by molar-refractivity contribution is 5.92. The van der Waals surface area contributed by atoms with Gasteiger partial charge in [-0.1, -0.05) is 12.1 Å². The summed E-state index contributed by atoms with van der Waals surface area (Å²) in [5.41, 5.74) is 6.40. The first-order valence-electron chi connectivity index (χ1n) is 6.36. The van der Waals surface area contributed by atoms with Crippen LogP contribution in [-0.4, -0.2) is 34.3 Å². The van der Waals surface area contributed by atoms with E-state index >= 15 is 0 Å². The molecule has 1 aliphatic rings. The molecule has 1 unspecified atom stereocenters. The molecule has 1 aliphatic heterocycles. The second-order valence-corrected chi connectivity index (χ2v) is 4.91. The number of benzene rings is 1. The van der Waals surface area contributed by atoms with Crippen molar-refractivity contribution in [3.8, 4) is 0 Å². The van der Waals surface area contributed by atoms with E-state index in [-0.39, 0.29) is 18.9 Å². The molecule has 6 heteroatoms. The van der Waals surface area contributed by atoms with Gasteiger partial charge in [-0.3, -0.25) is 14.4 Å². The molecular weight excluding hydrogens is 260 g/mol. The summed E-state index contributed by atoms with van der Waals surface area (Å²) in [6.45, 7) is 0.577. The van der Waals surface area contributed by atoms with Gasteiger partial charge in [-0.15, -0.1) is 0 Å². The summed E-state index contributed by atoms with van der Waals surface area (Å²) >= 11 is 0. The number of primary amides is 1. The number of likely N-dealkylation sites (tertiary alicyclic amines) is 1. The van der Waals surface area contributed by atoms with Crippen molar-refractivity contribution in [3.05, 3.63) is 35.4 Å². The van der Waals surface area contributed by atoms with Crippen LogP contribution in [0.2, 0.25) is 0 Å². The van der Waals surface area contributed by atoms with E-state index < -0.39 is 17.8 Å². The van der Waals surface area contributed by atoms with Crippen LogP contribution in [0, 0.1) is 5.92 Å². The Hall–Kier alpha value is -2.37. The summed E-state index contributed by atoms with van der Waals surface area (Å²) < 4.78 is 0. The van der Waals surface area contributed by atoms with Crippen LogP contribution in [0.15, 0.2) is 24.3 Å². The molecule has 0 bridgehead atoms. The zero-order valence-electron chi connectivity index (χ0n) is 10.9. The summed E-state index contributed by atoms with van der Waals surface area (Å²) in [5, 5.41) is 9.02. The molecule has 1 heterocycles. The van der Waals surface area contributed by atoms with Crippen molar-refractivity contribution < 1.29 is 19.5 Å². The minimum atomic E-state index is -0.869. The van der Waals surface area contributed by atoms with Gasteiger partial charge in [0.1, 0.15) is 0 Å². The van der Waals surface area contributed by atoms with Crippen molar-refractivity contribution in [2.75, 3.05) is 6.54 Å². The molecule has 0 aliphatic carbocycles. The van der Waals surface area contributed by atoms with Gasteiger partial charge in [-0.05, 0) is 24.1 Å². The number of nitrogens with zero attached hydrogens (tertiary/aromatic N) is 1. The molecule has 0 aromatic heterocycles. The Bertz CT molecular complexity index is 539. The lowest BCUT2D eigenvalue weighted by Crippen LogP contribution is -2.42. The normalized spacial score (nSPS) is 18.9. The highest BCUT2D eigenvalue weighted by Gasteiger charge is 2.29. The van der Waals surface area contributed by atoms with Crippen LogP contribution in [0.3, 0.4) is 0 Å². The Morgan fingerprint density at radius 2 is 1.95 bits per heavy atom. The van der Waals surface area contributed by atoms with E-state index in [1.54, 1.807) is 29.2 Å². The number of hydrogen-bond acceptors (Lipinski definition) is 3. The minimum Gasteiger partial charge on any atom is -0.481 e. The van der Waals surface area contributed by atoms with Crippen molar-refractivity contribution >= 4 is 17.8 Å². The van der Waals surface area contributed by atoms with Crippen LogP contribution in [0.5, 0.6) is 0 Å². The first-order chi connectivity index (χ1) is 9.47. The standard InChI is InChI=1S/C14H16N2O4/c15-13(18)10-3-1-9(2-4-10)7-16-8-11(14(19)20)5-6-12(16)17/h1-4,11H,5-8H2,(H2,15,18)(H,19,20). The average molecular weight is 276 g/mol. The van der Waals surface area contributed by atoms with Crippen LogP contribution >= 0.6 is 0 Å². The van der Waals surface area contributed by atoms with Crippen molar-refractivity contribution in [3.63, 3.8) is 0 Å². The van der Waals surface area contributed by atoms with Gasteiger partial charge in [0.2, 0.25) is 11.8 Å². The molecule has 0 radical (unpaired) electrons. The summed E-state index contributed by atoms with van der Waals surface area (Å²) in [7, 11) is 0. The first-order valence-corrected chi connectivity index (χ1v) is 6.36. The lowest BCUT2D eigenvalue weighted by molar-refractivity contribution is -0.147. The quantitative estimate of drug-likeness (QED) is 0.841. The van der Waals surface area contributed by atoms with Crippen molar-refractivity contribution in [1.82, 2.24) is 4.90 Å².